The largest absolute Gasteiger partial charge is 0.496 e. The number of aromatic nitrogens is 4. The van der Waals surface area contributed by atoms with Gasteiger partial charge in [-0.15, -0.1) is 0 Å². The third-order valence-corrected chi connectivity index (χ3v) is 9.82. The van der Waals surface area contributed by atoms with E-state index < -0.39 is 34.9 Å². The molecule has 18 heteroatoms. The van der Waals surface area contributed by atoms with Crippen LogP contribution in [0.4, 0.5) is 37.1 Å². The van der Waals surface area contributed by atoms with Crippen LogP contribution in [0.2, 0.25) is 0 Å². The number of ketones is 2. The first-order valence-electron chi connectivity index (χ1n) is 19.3. The fourth-order valence-electron chi connectivity index (χ4n) is 6.77. The molecule has 2 aromatic carbocycles. The lowest BCUT2D eigenvalue weighted by molar-refractivity contribution is 0.0491. The number of ether oxygens (including phenoxy) is 3. The Morgan fingerprint density at radius 1 is 0.661 bits per heavy atom. The van der Waals surface area contributed by atoms with Crippen molar-refractivity contribution < 1.29 is 37.4 Å². The van der Waals surface area contributed by atoms with E-state index >= 15 is 0 Å². The Bertz CT molecular complexity index is 2120. The van der Waals surface area contributed by atoms with Gasteiger partial charge in [-0.3, -0.25) is 9.59 Å². The van der Waals surface area contributed by atoms with Crippen molar-refractivity contribution in [1.29, 1.82) is 0 Å². The number of methoxy groups -OCH3 is 2. The SMILES string of the molecule is COc1ccc(F)cc1C(=O)c1cnc(NC2CCC(N)CC2)nc1N.COc1ccc(F)cc1C(=O)c1cnc(NC2CCC(NC(=O)OC(C)(C)C)CC2)nc1N. The average molecular weight is 819 g/mol. The number of nitrogens with two attached hydrogens (primary N) is 3. The topological polar surface area (TPSA) is 245 Å². The second-order valence-corrected chi connectivity index (χ2v) is 15.4. The van der Waals surface area contributed by atoms with Crippen LogP contribution in [0.1, 0.15) is 104 Å². The molecule has 2 aliphatic carbocycles. The van der Waals surface area contributed by atoms with Crippen molar-refractivity contribution in [3.05, 3.63) is 82.7 Å². The number of halogens is 2. The van der Waals surface area contributed by atoms with Gasteiger partial charge in [-0.2, -0.15) is 9.97 Å². The normalized spacial score (nSPS) is 19.0. The van der Waals surface area contributed by atoms with Gasteiger partial charge in [0.05, 0.1) is 36.5 Å². The summed E-state index contributed by atoms with van der Waals surface area (Å²) in [5.74, 6) is -0.925. The van der Waals surface area contributed by atoms with Crippen molar-refractivity contribution in [3.8, 4) is 11.5 Å². The third kappa shape index (κ3) is 12.2. The zero-order valence-corrected chi connectivity index (χ0v) is 33.8. The highest BCUT2D eigenvalue weighted by Crippen LogP contribution is 2.28. The monoisotopic (exact) mass is 818 g/mol. The number of hydrogen-bond donors (Lipinski definition) is 6. The van der Waals surface area contributed by atoms with Crippen molar-refractivity contribution in [2.24, 2.45) is 5.73 Å². The molecule has 0 unspecified atom stereocenters. The minimum absolute atomic E-state index is 0.0101. The maximum atomic E-state index is 13.6. The fraction of sp³-hybridized carbons (Fsp3) is 0.439. The predicted octanol–water partition coefficient (Wildman–Crippen LogP) is 5.80. The second kappa shape index (κ2) is 19.5. The Balaban J connectivity index is 0.000000230. The van der Waals surface area contributed by atoms with Crippen LogP contribution in [0.15, 0.2) is 48.8 Å². The number of nitrogens with one attached hydrogen (secondary N) is 3. The molecule has 2 aromatic heterocycles. The maximum absolute atomic E-state index is 13.6. The quantitative estimate of drug-likeness (QED) is 0.0979. The minimum atomic E-state index is -0.561. The van der Waals surface area contributed by atoms with E-state index in [0.717, 1.165) is 63.5 Å². The molecule has 9 N–H and O–H groups in total. The summed E-state index contributed by atoms with van der Waals surface area (Å²) < 4.78 is 42.7. The summed E-state index contributed by atoms with van der Waals surface area (Å²) in [4.78, 5) is 54.3. The lowest BCUT2D eigenvalue weighted by Crippen LogP contribution is -2.42. The molecule has 59 heavy (non-hydrogen) atoms. The molecule has 316 valence electrons. The lowest BCUT2D eigenvalue weighted by Gasteiger charge is -2.30. The number of hydrogen-bond acceptors (Lipinski definition) is 15. The maximum Gasteiger partial charge on any atom is 0.407 e. The second-order valence-electron chi connectivity index (χ2n) is 15.4. The van der Waals surface area contributed by atoms with E-state index in [-0.39, 0.29) is 69.6 Å². The first-order valence-corrected chi connectivity index (χ1v) is 19.3. The van der Waals surface area contributed by atoms with Crippen LogP contribution in [0.3, 0.4) is 0 Å². The Morgan fingerprint density at radius 3 is 1.46 bits per heavy atom. The van der Waals surface area contributed by atoms with Gasteiger partial charge in [0.2, 0.25) is 23.5 Å². The van der Waals surface area contributed by atoms with Crippen LogP contribution in [0, 0.1) is 11.6 Å². The van der Waals surface area contributed by atoms with E-state index in [0.29, 0.717) is 11.9 Å². The summed E-state index contributed by atoms with van der Waals surface area (Å²) in [5, 5.41) is 9.36. The number of anilines is 4. The van der Waals surface area contributed by atoms with Crippen LogP contribution in [-0.2, 0) is 4.74 Å². The van der Waals surface area contributed by atoms with Gasteiger partial charge in [-0.1, -0.05) is 0 Å². The van der Waals surface area contributed by atoms with Gasteiger partial charge in [0, 0.05) is 36.6 Å². The van der Waals surface area contributed by atoms with Crippen LogP contribution < -0.4 is 42.6 Å². The van der Waals surface area contributed by atoms with Gasteiger partial charge >= 0.3 is 6.09 Å². The zero-order valence-electron chi connectivity index (χ0n) is 33.8. The number of nitrogen functional groups attached to an aromatic ring is 2. The lowest BCUT2D eigenvalue weighted by atomic mass is 9.91. The van der Waals surface area contributed by atoms with E-state index in [4.69, 9.17) is 31.4 Å². The molecule has 16 nitrogen and oxygen atoms in total. The van der Waals surface area contributed by atoms with Crippen molar-refractivity contribution in [1.82, 2.24) is 25.3 Å². The number of carbonyl (C=O) groups excluding carboxylic acids is 3. The van der Waals surface area contributed by atoms with E-state index in [1.165, 1.54) is 50.9 Å². The Kier molecular flexibility index (Phi) is 14.5. The van der Waals surface area contributed by atoms with Gasteiger partial charge in [0.1, 0.15) is 40.4 Å². The highest BCUT2D eigenvalue weighted by atomic mass is 19.1. The van der Waals surface area contributed by atoms with Crippen LogP contribution in [-0.4, -0.2) is 81.6 Å². The van der Waals surface area contributed by atoms with E-state index in [1.54, 1.807) is 0 Å². The third-order valence-electron chi connectivity index (χ3n) is 9.82. The predicted molar refractivity (Wildman–Crippen MR) is 219 cm³/mol. The summed E-state index contributed by atoms with van der Waals surface area (Å²) >= 11 is 0. The molecule has 2 heterocycles. The molecule has 2 fully saturated rings. The van der Waals surface area contributed by atoms with Crippen molar-refractivity contribution in [2.75, 3.05) is 36.3 Å². The molecular formula is C41H52F2N10O6. The van der Waals surface area contributed by atoms with Crippen molar-refractivity contribution in [3.63, 3.8) is 0 Å². The van der Waals surface area contributed by atoms with Gasteiger partial charge in [-0.25, -0.2) is 23.5 Å². The number of benzene rings is 2. The standard InChI is InChI=1S/C23H30FN5O4.C18H22FN5O2/c1-23(2,3)33-22(31)28-15-8-6-14(7-9-15)27-21-26-12-17(20(25)29-21)19(30)16-11-13(24)5-10-18(16)32-4;1-26-15-7-2-10(19)8-13(15)16(25)14-9-22-18(24-17(14)21)23-12-5-3-11(20)4-6-12/h5,10-12,14-15H,6-9H2,1-4H3,(H,28,31)(H3,25,26,27,29);2,7-9,11-12H,3-6,20H2,1H3,(H3,21,22,23,24). The minimum Gasteiger partial charge on any atom is -0.496 e. The highest BCUT2D eigenvalue weighted by Gasteiger charge is 2.27. The molecular weight excluding hydrogens is 767 g/mol. The molecule has 0 radical (unpaired) electrons. The molecule has 6 rings (SSSR count). The number of rotatable bonds is 11. The molecule has 1 amide bonds. The number of alkyl carbamates (subject to hydrolysis) is 1. The smallest absolute Gasteiger partial charge is 0.407 e. The molecule has 2 aliphatic rings. The molecule has 4 aromatic rings. The first-order chi connectivity index (χ1) is 28.0. The number of nitrogens with zero attached hydrogens (tertiary/aromatic N) is 4. The van der Waals surface area contributed by atoms with Crippen LogP contribution in [0.5, 0.6) is 11.5 Å². The first kappa shape index (κ1) is 43.9. The van der Waals surface area contributed by atoms with Crippen molar-refractivity contribution in [2.45, 2.75) is 102 Å². The number of amides is 1. The van der Waals surface area contributed by atoms with Gasteiger partial charge in [0.25, 0.3) is 0 Å². The molecule has 0 atom stereocenters. The fourth-order valence-corrected chi connectivity index (χ4v) is 6.77. The summed E-state index contributed by atoms with van der Waals surface area (Å²) in [7, 11) is 2.81. The molecule has 0 aliphatic heterocycles. The van der Waals surface area contributed by atoms with Crippen LogP contribution in [0.25, 0.3) is 0 Å². The average Bonchev–Trinajstić information content (AvgIpc) is 3.18. The van der Waals surface area contributed by atoms with Crippen LogP contribution >= 0.6 is 0 Å². The summed E-state index contributed by atoms with van der Waals surface area (Å²) in [6.07, 6.45) is 9.19. The molecule has 2 saturated carbocycles. The zero-order chi connectivity index (χ0) is 42.9. The van der Waals surface area contributed by atoms with Gasteiger partial charge in [-0.05, 0) is 109 Å². The van der Waals surface area contributed by atoms with Gasteiger partial charge in [0.15, 0.2) is 0 Å². The molecule has 0 bridgehead atoms. The summed E-state index contributed by atoms with van der Waals surface area (Å²) in [6, 6.07) is 8.04. The Hall–Kier alpha value is -6.17. The van der Waals surface area contributed by atoms with Gasteiger partial charge < -0.3 is 47.4 Å². The van der Waals surface area contributed by atoms with Crippen molar-refractivity contribution >= 4 is 41.2 Å². The Morgan fingerprint density at radius 2 is 1.07 bits per heavy atom. The van der Waals surface area contributed by atoms with E-state index in [1.807, 2.05) is 20.8 Å². The molecule has 0 saturated heterocycles. The Labute approximate surface area is 341 Å². The van der Waals surface area contributed by atoms with E-state index in [9.17, 15) is 23.2 Å². The summed E-state index contributed by atoms with van der Waals surface area (Å²) in [5.41, 5.74) is 17.6. The molecule has 0 spiro atoms. The van der Waals surface area contributed by atoms with E-state index in [2.05, 4.69) is 35.9 Å². The number of carbonyl (C=O) groups is 3. The summed E-state index contributed by atoms with van der Waals surface area (Å²) in [6.45, 7) is 5.48. The highest BCUT2D eigenvalue weighted by molar-refractivity contribution is 6.13.